The summed E-state index contributed by atoms with van der Waals surface area (Å²) >= 11 is 12.5. The van der Waals surface area contributed by atoms with Gasteiger partial charge >= 0.3 is 0 Å². The predicted molar refractivity (Wildman–Crippen MR) is 154 cm³/mol. The molecule has 2 fully saturated rings. The van der Waals surface area contributed by atoms with Crippen LogP contribution in [0.2, 0.25) is 0 Å². The predicted octanol–water partition coefficient (Wildman–Crippen LogP) is 4.74. The Morgan fingerprint density at radius 1 is 1.15 bits per heavy atom. The highest BCUT2D eigenvalue weighted by Crippen LogP contribution is 2.34. The first kappa shape index (κ1) is 29.7. The normalized spacial score (nSPS) is 23.3. The first-order valence-electron chi connectivity index (χ1n) is 14.0. The monoisotopic (exact) mass is 576 g/mol. The molecule has 2 unspecified atom stereocenters. The SMILES string of the molecule is CCC[N+]1(C(C)Cc2cccc(NC(=O)c3ccncc3)c2)CCC(C(C(=O)N2CCOCC2)N(Cl)Cl)CC1. The average Bonchev–Trinajstić information content (AvgIpc) is 2.95. The average molecular weight is 578 g/mol. The number of carbonyl (C=O) groups excluding carboxylic acids is 2. The Labute approximate surface area is 242 Å². The molecule has 0 spiro atoms. The number of quaternary nitrogens is 1. The number of carbonyl (C=O) groups is 2. The number of benzene rings is 1. The second-order valence-electron chi connectivity index (χ2n) is 10.8. The molecule has 2 amide bonds. The highest BCUT2D eigenvalue weighted by Gasteiger charge is 2.44. The number of aromatic nitrogens is 1. The number of morpholine rings is 1. The van der Waals surface area contributed by atoms with Crippen molar-refractivity contribution in [3.05, 3.63) is 59.9 Å². The van der Waals surface area contributed by atoms with Crippen molar-refractivity contribution in [2.45, 2.75) is 51.6 Å². The number of likely N-dealkylation sites (tertiary alicyclic amines) is 1. The smallest absolute Gasteiger partial charge is 0.255 e. The number of halogens is 2. The van der Waals surface area contributed by atoms with E-state index in [1.807, 2.05) is 17.0 Å². The van der Waals surface area contributed by atoms with Crippen LogP contribution in [0.5, 0.6) is 0 Å². The Morgan fingerprint density at radius 3 is 2.49 bits per heavy atom. The number of piperidine rings is 1. The van der Waals surface area contributed by atoms with Gasteiger partial charge in [-0.15, -0.1) is 3.94 Å². The highest BCUT2D eigenvalue weighted by molar-refractivity contribution is 6.35. The molecule has 39 heavy (non-hydrogen) atoms. The van der Waals surface area contributed by atoms with Crippen LogP contribution >= 0.6 is 23.6 Å². The molecule has 1 aromatic carbocycles. The summed E-state index contributed by atoms with van der Waals surface area (Å²) in [5, 5.41) is 3.01. The highest BCUT2D eigenvalue weighted by atomic mass is 35.5. The van der Waals surface area contributed by atoms with Gasteiger partial charge in [0.05, 0.1) is 38.9 Å². The topological polar surface area (TPSA) is 74.8 Å². The van der Waals surface area contributed by atoms with Crippen LogP contribution in [0, 0.1) is 5.92 Å². The molecule has 1 aromatic heterocycles. The summed E-state index contributed by atoms with van der Waals surface area (Å²) in [5.41, 5.74) is 2.56. The van der Waals surface area contributed by atoms with Crippen LogP contribution in [0.1, 0.15) is 49.0 Å². The summed E-state index contributed by atoms with van der Waals surface area (Å²) in [7, 11) is 0. The van der Waals surface area contributed by atoms with Gasteiger partial charge in [-0.1, -0.05) is 19.1 Å². The van der Waals surface area contributed by atoms with Gasteiger partial charge in [0.2, 0.25) is 5.91 Å². The maximum absolute atomic E-state index is 13.3. The summed E-state index contributed by atoms with van der Waals surface area (Å²) in [6.07, 6.45) is 7.00. The first-order valence-corrected chi connectivity index (χ1v) is 14.6. The molecule has 2 aromatic rings. The second kappa shape index (κ2) is 13.9. The van der Waals surface area contributed by atoms with E-state index < -0.39 is 6.04 Å². The lowest BCUT2D eigenvalue weighted by atomic mass is 9.86. The molecule has 2 aliphatic rings. The number of hydrogen-bond acceptors (Lipinski definition) is 5. The molecule has 0 bridgehead atoms. The van der Waals surface area contributed by atoms with Gasteiger partial charge in [0.1, 0.15) is 6.04 Å². The fourth-order valence-corrected chi connectivity index (χ4v) is 6.67. The van der Waals surface area contributed by atoms with E-state index in [2.05, 4.69) is 36.3 Å². The third-order valence-corrected chi connectivity index (χ3v) is 8.81. The number of hydrogen-bond donors (Lipinski definition) is 1. The van der Waals surface area contributed by atoms with E-state index in [0.29, 0.717) is 37.9 Å². The third kappa shape index (κ3) is 7.50. The lowest BCUT2D eigenvalue weighted by Gasteiger charge is -2.49. The Hall–Kier alpha value is -2.23. The molecule has 2 aliphatic heterocycles. The number of ether oxygens (including phenoxy) is 1. The standard InChI is InChI=1S/C29H39Cl2N5O3/c1-3-15-36(16-9-24(10-17-36)27(35(30)31)29(38)34-13-18-39-19-14-34)22(2)20-23-5-4-6-26(21-23)33-28(37)25-7-11-32-12-8-25/h4-8,11-12,21-22,24,27H,3,9-10,13-20H2,1-2H3/p+1. The van der Waals surface area contributed by atoms with Crippen LogP contribution in [0.3, 0.4) is 0 Å². The fraction of sp³-hybridized carbons (Fsp3) is 0.552. The molecule has 8 nitrogen and oxygen atoms in total. The number of pyridine rings is 1. The van der Waals surface area contributed by atoms with Crippen LogP contribution in [-0.2, 0) is 16.0 Å². The summed E-state index contributed by atoms with van der Waals surface area (Å²) in [6.45, 7) is 9.87. The Balaban J connectivity index is 1.41. The minimum absolute atomic E-state index is 0.00229. The van der Waals surface area contributed by atoms with Crippen molar-refractivity contribution < 1.29 is 18.8 Å². The molecule has 0 radical (unpaired) electrons. The zero-order valence-corrected chi connectivity index (χ0v) is 24.4. The zero-order valence-electron chi connectivity index (χ0n) is 22.9. The molecule has 2 atom stereocenters. The lowest BCUT2D eigenvalue weighted by molar-refractivity contribution is -0.954. The van der Waals surface area contributed by atoms with E-state index in [-0.39, 0.29) is 17.7 Å². The summed E-state index contributed by atoms with van der Waals surface area (Å²) in [6, 6.07) is 11.4. The molecular formula is C29H40Cl2N5O3+. The van der Waals surface area contributed by atoms with Crippen LogP contribution in [0.15, 0.2) is 48.8 Å². The van der Waals surface area contributed by atoms with E-state index in [4.69, 9.17) is 28.3 Å². The molecule has 212 valence electrons. The summed E-state index contributed by atoms with van der Waals surface area (Å²) in [4.78, 5) is 31.7. The van der Waals surface area contributed by atoms with Crippen LogP contribution < -0.4 is 5.32 Å². The van der Waals surface area contributed by atoms with Crippen molar-refractivity contribution >= 4 is 41.1 Å². The van der Waals surface area contributed by atoms with Crippen molar-refractivity contribution in [1.29, 1.82) is 0 Å². The van der Waals surface area contributed by atoms with Gasteiger partial charge in [0.25, 0.3) is 5.91 Å². The molecule has 0 saturated carbocycles. The molecule has 0 aliphatic carbocycles. The van der Waals surface area contributed by atoms with Crippen LogP contribution in [0.4, 0.5) is 5.69 Å². The number of anilines is 1. The lowest BCUT2D eigenvalue weighted by Crippen LogP contribution is -2.61. The van der Waals surface area contributed by atoms with Crippen LogP contribution in [0.25, 0.3) is 0 Å². The fourth-order valence-electron chi connectivity index (χ4n) is 6.18. The van der Waals surface area contributed by atoms with Crippen molar-refractivity contribution in [2.75, 3.05) is 51.3 Å². The largest absolute Gasteiger partial charge is 0.378 e. The maximum atomic E-state index is 13.3. The molecular weight excluding hydrogens is 537 g/mol. The van der Waals surface area contributed by atoms with E-state index in [1.165, 1.54) is 5.56 Å². The Morgan fingerprint density at radius 2 is 1.85 bits per heavy atom. The van der Waals surface area contributed by atoms with E-state index in [9.17, 15) is 9.59 Å². The molecule has 10 heteroatoms. The summed E-state index contributed by atoms with van der Waals surface area (Å²) in [5.74, 6) is -0.0344. The maximum Gasteiger partial charge on any atom is 0.255 e. The Bertz CT molecular complexity index is 1090. The van der Waals surface area contributed by atoms with E-state index >= 15 is 0 Å². The van der Waals surface area contributed by atoms with E-state index in [0.717, 1.165) is 59.4 Å². The van der Waals surface area contributed by atoms with Gasteiger partial charge in [-0.2, -0.15) is 0 Å². The van der Waals surface area contributed by atoms with Gasteiger partial charge in [0.15, 0.2) is 0 Å². The molecule has 2 saturated heterocycles. The Kier molecular flexibility index (Phi) is 10.6. The summed E-state index contributed by atoms with van der Waals surface area (Å²) < 4.78 is 7.50. The van der Waals surface area contributed by atoms with E-state index in [1.54, 1.807) is 24.5 Å². The van der Waals surface area contributed by atoms with Gasteiger partial charge in [-0.05, 0) is 72.6 Å². The van der Waals surface area contributed by atoms with Crippen molar-refractivity contribution in [1.82, 2.24) is 13.8 Å². The number of nitrogens with one attached hydrogen (secondary N) is 1. The minimum atomic E-state index is -0.536. The number of nitrogens with zero attached hydrogens (tertiary/aromatic N) is 4. The first-order chi connectivity index (χ1) is 18.8. The number of amides is 2. The zero-order chi connectivity index (χ0) is 27.8. The van der Waals surface area contributed by atoms with Crippen molar-refractivity contribution in [3.63, 3.8) is 0 Å². The minimum Gasteiger partial charge on any atom is -0.378 e. The van der Waals surface area contributed by atoms with Gasteiger partial charge in [-0.3, -0.25) is 14.6 Å². The van der Waals surface area contributed by atoms with Gasteiger partial charge < -0.3 is 19.4 Å². The quantitative estimate of drug-likeness (QED) is 0.326. The number of rotatable bonds is 10. The molecule has 3 heterocycles. The van der Waals surface area contributed by atoms with Gasteiger partial charge in [-0.25, -0.2) is 0 Å². The van der Waals surface area contributed by atoms with Crippen molar-refractivity contribution in [2.24, 2.45) is 5.92 Å². The third-order valence-electron chi connectivity index (χ3n) is 8.39. The molecule has 4 rings (SSSR count). The van der Waals surface area contributed by atoms with Crippen LogP contribution in [-0.4, -0.2) is 88.1 Å². The van der Waals surface area contributed by atoms with Crippen molar-refractivity contribution in [3.8, 4) is 0 Å². The van der Waals surface area contributed by atoms with Gasteiger partial charge in [0, 0.05) is 56.0 Å². The second-order valence-corrected chi connectivity index (χ2v) is 11.7. The molecule has 1 N–H and O–H groups in total.